The zero-order valence-electron chi connectivity index (χ0n) is 23.5. The number of anilines is 1. The Kier molecular flexibility index (Phi) is 8.13. The highest BCUT2D eigenvalue weighted by Gasteiger charge is 2.40. The van der Waals surface area contributed by atoms with E-state index in [0.29, 0.717) is 21.2 Å². The molecule has 0 aliphatic carbocycles. The van der Waals surface area contributed by atoms with Gasteiger partial charge in [-0.25, -0.2) is 49.1 Å². The molecule has 234 valence electrons. The molecule has 1 aromatic carbocycles. The smallest absolute Gasteiger partial charge is 0.350 e. The van der Waals surface area contributed by atoms with Crippen LogP contribution in [0.15, 0.2) is 28.0 Å². The molecular formula is C27H23ClF6N6O3S. The molecule has 1 aliphatic rings. The third-order valence-electron chi connectivity index (χ3n) is 7.31. The Balaban J connectivity index is 1.62. The first-order chi connectivity index (χ1) is 20.6. The number of hydrogen-bond acceptors (Lipinski definition) is 7. The number of rotatable bonds is 5. The van der Waals surface area contributed by atoms with E-state index in [2.05, 4.69) is 15.0 Å². The van der Waals surface area contributed by atoms with Crippen LogP contribution in [0, 0.1) is 41.8 Å². The molecule has 0 spiro atoms. The second-order valence-corrected chi connectivity index (χ2v) is 12.7. The SMILES string of the molecule is Cc1ccnc(C(C)C)c1-n1c(=O)nc(N2CCN(S(=O)(=O)c3c(F)c(F)c(F)c(F)c3F)C[C@@H]2C)c2cc(F)c(Cl)nc21. The number of nitrogens with zero attached hydrogens (tertiary/aromatic N) is 6. The van der Waals surface area contributed by atoms with E-state index < -0.39 is 79.8 Å². The van der Waals surface area contributed by atoms with Crippen molar-refractivity contribution in [1.29, 1.82) is 0 Å². The number of piperazine rings is 1. The molecule has 9 nitrogen and oxygen atoms in total. The lowest BCUT2D eigenvalue weighted by Gasteiger charge is -2.40. The van der Waals surface area contributed by atoms with E-state index in [9.17, 15) is 39.6 Å². The monoisotopic (exact) mass is 660 g/mol. The molecular weight excluding hydrogens is 638 g/mol. The van der Waals surface area contributed by atoms with Gasteiger partial charge in [0.1, 0.15) is 5.82 Å². The Morgan fingerprint density at radius 3 is 2.18 bits per heavy atom. The average Bonchev–Trinajstić information content (AvgIpc) is 2.96. The highest BCUT2D eigenvalue weighted by molar-refractivity contribution is 7.89. The third-order valence-corrected chi connectivity index (χ3v) is 9.46. The molecule has 0 amide bonds. The first-order valence-electron chi connectivity index (χ1n) is 13.1. The maximum Gasteiger partial charge on any atom is 0.355 e. The van der Waals surface area contributed by atoms with Gasteiger partial charge in [-0.1, -0.05) is 25.4 Å². The van der Waals surface area contributed by atoms with Crippen LogP contribution in [0.4, 0.5) is 32.2 Å². The zero-order chi connectivity index (χ0) is 32.4. The summed E-state index contributed by atoms with van der Waals surface area (Å²) in [5.74, 6) is -13.4. The van der Waals surface area contributed by atoms with Crippen LogP contribution >= 0.6 is 11.6 Å². The van der Waals surface area contributed by atoms with Gasteiger partial charge in [-0.05, 0) is 37.5 Å². The summed E-state index contributed by atoms with van der Waals surface area (Å²) < 4.78 is 113. The summed E-state index contributed by atoms with van der Waals surface area (Å²) in [7, 11) is -5.22. The van der Waals surface area contributed by atoms with Crippen LogP contribution in [-0.2, 0) is 10.0 Å². The number of pyridine rings is 2. The molecule has 44 heavy (non-hydrogen) atoms. The zero-order valence-corrected chi connectivity index (χ0v) is 25.0. The number of aryl methyl sites for hydroxylation is 1. The number of aromatic nitrogens is 4. The Hall–Kier alpha value is -3.76. The molecule has 0 radical (unpaired) electrons. The van der Waals surface area contributed by atoms with Crippen molar-refractivity contribution in [3.8, 4) is 5.69 Å². The van der Waals surface area contributed by atoms with E-state index in [-0.39, 0.29) is 29.3 Å². The average molecular weight is 661 g/mol. The van der Waals surface area contributed by atoms with Crippen LogP contribution in [0.25, 0.3) is 16.7 Å². The van der Waals surface area contributed by atoms with Gasteiger partial charge in [0.2, 0.25) is 15.8 Å². The van der Waals surface area contributed by atoms with Gasteiger partial charge in [-0.15, -0.1) is 0 Å². The maximum atomic E-state index is 14.8. The number of hydrogen-bond donors (Lipinski definition) is 0. The highest BCUT2D eigenvalue weighted by atomic mass is 35.5. The Morgan fingerprint density at radius 2 is 1.59 bits per heavy atom. The van der Waals surface area contributed by atoms with Gasteiger partial charge in [0.25, 0.3) is 0 Å². The van der Waals surface area contributed by atoms with Gasteiger partial charge in [-0.3, -0.25) is 4.98 Å². The van der Waals surface area contributed by atoms with Crippen LogP contribution in [0.3, 0.4) is 0 Å². The number of benzene rings is 1. The standard InChI is InChI=1S/C27H23ClF6N6O3S/c1-11(2)21-22(12(3)5-6-35-21)40-26-14(9-15(29)24(28)36-26)25(37-27(40)41)39-8-7-38(10-13(39)4)44(42,43)23-19(33)17(31)16(30)18(32)20(23)34/h5-6,9,11,13H,7-8,10H2,1-4H3/t13-/m0/s1. The Labute approximate surface area is 251 Å². The summed E-state index contributed by atoms with van der Waals surface area (Å²) >= 11 is 6.03. The molecule has 4 aromatic rings. The topological polar surface area (TPSA) is 101 Å². The Morgan fingerprint density at radius 1 is 0.977 bits per heavy atom. The number of halogens is 7. The predicted octanol–water partition coefficient (Wildman–Crippen LogP) is 4.99. The van der Waals surface area contributed by atoms with E-state index in [1.54, 1.807) is 19.2 Å². The van der Waals surface area contributed by atoms with Crippen molar-refractivity contribution in [2.75, 3.05) is 24.5 Å². The van der Waals surface area contributed by atoms with E-state index in [1.807, 2.05) is 13.8 Å². The van der Waals surface area contributed by atoms with Gasteiger partial charge >= 0.3 is 5.69 Å². The molecule has 1 aliphatic heterocycles. The lowest BCUT2D eigenvalue weighted by Crippen LogP contribution is -2.54. The van der Waals surface area contributed by atoms with Gasteiger partial charge < -0.3 is 4.90 Å². The highest BCUT2D eigenvalue weighted by Crippen LogP contribution is 2.34. The first kappa shape index (κ1) is 31.7. The molecule has 0 saturated carbocycles. The van der Waals surface area contributed by atoms with Crippen LogP contribution < -0.4 is 10.6 Å². The molecule has 1 atom stereocenters. The maximum absolute atomic E-state index is 14.8. The van der Waals surface area contributed by atoms with Gasteiger partial charge in [0, 0.05) is 31.9 Å². The lowest BCUT2D eigenvalue weighted by atomic mass is 10.0. The molecule has 0 N–H and O–H groups in total. The third kappa shape index (κ3) is 4.98. The molecule has 3 aromatic heterocycles. The van der Waals surface area contributed by atoms with Crippen LogP contribution in [0.2, 0.25) is 5.15 Å². The lowest BCUT2D eigenvalue weighted by molar-refractivity contribution is 0.326. The minimum atomic E-state index is -5.22. The summed E-state index contributed by atoms with van der Waals surface area (Å²) in [6, 6.07) is 1.80. The van der Waals surface area contributed by atoms with Gasteiger partial charge in [0.05, 0.1) is 16.8 Å². The van der Waals surface area contributed by atoms with Crippen LogP contribution in [0.5, 0.6) is 0 Å². The van der Waals surface area contributed by atoms with Crippen molar-refractivity contribution in [3.05, 3.63) is 80.1 Å². The van der Waals surface area contributed by atoms with Crippen molar-refractivity contribution >= 4 is 38.5 Å². The van der Waals surface area contributed by atoms with Gasteiger partial charge in [0.15, 0.2) is 44.8 Å². The fourth-order valence-corrected chi connectivity index (χ4v) is 6.95. The van der Waals surface area contributed by atoms with Gasteiger partial charge in [-0.2, -0.15) is 9.29 Å². The minimum Gasteiger partial charge on any atom is -0.350 e. The minimum absolute atomic E-state index is 0.0346. The fourth-order valence-electron chi connectivity index (χ4n) is 5.19. The normalized spacial score (nSPS) is 16.4. The second kappa shape index (κ2) is 11.3. The van der Waals surface area contributed by atoms with Crippen molar-refractivity contribution in [1.82, 2.24) is 23.8 Å². The second-order valence-electron chi connectivity index (χ2n) is 10.5. The molecule has 1 saturated heterocycles. The van der Waals surface area contributed by atoms with E-state index >= 15 is 0 Å². The molecule has 0 unspecified atom stereocenters. The summed E-state index contributed by atoms with van der Waals surface area (Å²) in [4.78, 5) is 25.8. The molecule has 0 bridgehead atoms. The summed E-state index contributed by atoms with van der Waals surface area (Å²) in [5.41, 5.74) is 0.658. The molecule has 17 heteroatoms. The van der Waals surface area contributed by atoms with E-state index in [1.165, 1.54) is 11.8 Å². The fraction of sp³-hybridized carbons (Fsp3) is 0.333. The number of fused-ring (bicyclic) bond motifs is 1. The van der Waals surface area contributed by atoms with Crippen LogP contribution in [-0.4, -0.2) is 57.9 Å². The summed E-state index contributed by atoms with van der Waals surface area (Å²) in [6.07, 6.45) is 1.57. The quantitative estimate of drug-likeness (QED) is 0.129. The van der Waals surface area contributed by atoms with Crippen molar-refractivity contribution < 1.29 is 34.8 Å². The van der Waals surface area contributed by atoms with Crippen LogP contribution in [0.1, 0.15) is 37.9 Å². The number of sulfonamides is 1. The van der Waals surface area contributed by atoms with E-state index in [4.69, 9.17) is 11.6 Å². The summed E-state index contributed by atoms with van der Waals surface area (Å²) in [6.45, 7) is 5.64. The first-order valence-corrected chi connectivity index (χ1v) is 14.9. The molecule has 5 rings (SSSR count). The van der Waals surface area contributed by atoms with E-state index in [0.717, 1.165) is 10.6 Å². The predicted molar refractivity (Wildman–Crippen MR) is 149 cm³/mol. The molecule has 1 fully saturated rings. The van der Waals surface area contributed by atoms with Crippen molar-refractivity contribution in [3.63, 3.8) is 0 Å². The molecule has 4 heterocycles. The Bertz CT molecular complexity index is 1980. The van der Waals surface area contributed by atoms with Crippen molar-refractivity contribution in [2.45, 2.75) is 44.6 Å². The summed E-state index contributed by atoms with van der Waals surface area (Å²) in [5, 5.41) is -0.491. The van der Waals surface area contributed by atoms with Crippen molar-refractivity contribution in [2.24, 2.45) is 0 Å². The largest absolute Gasteiger partial charge is 0.355 e.